The average molecular weight is 354 g/mol. The molecule has 3 rings (SSSR count). The standard InChI is InChI=1S/C16H13F3N2O4/c17-16(18,19)11-2-1-5-21(15(11)23)8-14(22)20-7-10-3-4-12-13(6-10)25-9-24-12/h1-6H,7-9H2,(H,20,22). The topological polar surface area (TPSA) is 69.6 Å². The van der Waals surface area contributed by atoms with E-state index in [0.29, 0.717) is 17.6 Å². The molecule has 6 nitrogen and oxygen atoms in total. The molecular weight excluding hydrogens is 341 g/mol. The van der Waals surface area contributed by atoms with Crippen molar-refractivity contribution in [3.05, 3.63) is 58.0 Å². The highest BCUT2D eigenvalue weighted by Crippen LogP contribution is 2.32. The van der Waals surface area contributed by atoms with Gasteiger partial charge in [0.1, 0.15) is 12.1 Å². The van der Waals surface area contributed by atoms with E-state index >= 15 is 0 Å². The number of halogens is 3. The van der Waals surface area contributed by atoms with Crippen LogP contribution in [0.15, 0.2) is 41.3 Å². The molecule has 2 aromatic rings. The monoisotopic (exact) mass is 354 g/mol. The summed E-state index contributed by atoms with van der Waals surface area (Å²) in [7, 11) is 0. The van der Waals surface area contributed by atoms with Gasteiger partial charge in [-0.3, -0.25) is 9.59 Å². The Labute approximate surface area is 139 Å². The van der Waals surface area contributed by atoms with E-state index in [2.05, 4.69) is 5.32 Å². The summed E-state index contributed by atoms with van der Waals surface area (Å²) in [6.07, 6.45) is -3.62. The molecule has 1 aliphatic heterocycles. The van der Waals surface area contributed by atoms with E-state index in [-0.39, 0.29) is 13.3 Å². The van der Waals surface area contributed by atoms with Gasteiger partial charge in [-0.05, 0) is 29.8 Å². The SMILES string of the molecule is O=C(Cn1cccc(C(F)(F)F)c1=O)NCc1ccc2c(c1)OCO2. The van der Waals surface area contributed by atoms with Gasteiger partial charge in [0.2, 0.25) is 12.7 Å². The molecule has 0 saturated heterocycles. The molecule has 0 atom stereocenters. The number of carbonyl (C=O) groups is 1. The highest BCUT2D eigenvalue weighted by Gasteiger charge is 2.34. The predicted molar refractivity (Wildman–Crippen MR) is 80.1 cm³/mol. The van der Waals surface area contributed by atoms with Gasteiger partial charge < -0.3 is 19.4 Å². The largest absolute Gasteiger partial charge is 0.454 e. The fourth-order valence-corrected chi connectivity index (χ4v) is 2.34. The number of nitrogens with one attached hydrogen (secondary N) is 1. The zero-order valence-corrected chi connectivity index (χ0v) is 12.8. The van der Waals surface area contributed by atoms with Crippen molar-refractivity contribution in [1.82, 2.24) is 9.88 Å². The Morgan fingerprint density at radius 3 is 2.72 bits per heavy atom. The quantitative estimate of drug-likeness (QED) is 0.911. The number of aromatic nitrogens is 1. The van der Waals surface area contributed by atoms with Crippen molar-refractivity contribution in [3.8, 4) is 11.5 Å². The molecule has 1 aromatic carbocycles. The lowest BCUT2D eigenvalue weighted by Gasteiger charge is -2.11. The van der Waals surface area contributed by atoms with Crippen LogP contribution in [0.2, 0.25) is 0 Å². The molecule has 2 heterocycles. The molecule has 0 fully saturated rings. The van der Waals surface area contributed by atoms with E-state index < -0.39 is 29.8 Å². The number of rotatable bonds is 4. The Hall–Kier alpha value is -2.97. The van der Waals surface area contributed by atoms with Gasteiger partial charge >= 0.3 is 6.18 Å². The van der Waals surface area contributed by atoms with E-state index in [1.807, 2.05) is 0 Å². The van der Waals surface area contributed by atoms with E-state index in [1.54, 1.807) is 18.2 Å². The molecule has 132 valence electrons. The highest BCUT2D eigenvalue weighted by atomic mass is 19.4. The third-order valence-electron chi connectivity index (χ3n) is 3.57. The summed E-state index contributed by atoms with van der Waals surface area (Å²) < 4.78 is 49.2. The maximum absolute atomic E-state index is 12.7. The van der Waals surface area contributed by atoms with Gasteiger partial charge in [-0.25, -0.2) is 0 Å². The van der Waals surface area contributed by atoms with Crippen LogP contribution in [-0.4, -0.2) is 17.3 Å². The lowest BCUT2D eigenvalue weighted by molar-refractivity contribution is -0.139. The second kappa shape index (κ2) is 6.50. The first-order valence-electron chi connectivity index (χ1n) is 7.26. The van der Waals surface area contributed by atoms with Gasteiger partial charge in [-0.15, -0.1) is 0 Å². The van der Waals surface area contributed by atoms with Gasteiger partial charge in [0.05, 0.1) is 0 Å². The van der Waals surface area contributed by atoms with Crippen molar-refractivity contribution in [2.75, 3.05) is 6.79 Å². The number of pyridine rings is 1. The second-order valence-electron chi connectivity index (χ2n) is 5.32. The zero-order valence-electron chi connectivity index (χ0n) is 12.8. The molecule has 0 saturated carbocycles. The number of amides is 1. The number of ether oxygens (including phenoxy) is 2. The lowest BCUT2D eigenvalue weighted by Crippen LogP contribution is -2.34. The van der Waals surface area contributed by atoms with Crippen LogP contribution in [0.5, 0.6) is 11.5 Å². The molecule has 0 spiro atoms. The van der Waals surface area contributed by atoms with Crippen LogP contribution in [-0.2, 0) is 24.1 Å². The number of benzene rings is 1. The van der Waals surface area contributed by atoms with Crippen LogP contribution in [0.3, 0.4) is 0 Å². The maximum atomic E-state index is 12.7. The predicted octanol–water partition coefficient (Wildman–Crippen LogP) is 1.91. The van der Waals surface area contributed by atoms with Crippen molar-refractivity contribution in [3.63, 3.8) is 0 Å². The van der Waals surface area contributed by atoms with Gasteiger partial charge in [-0.2, -0.15) is 13.2 Å². The third kappa shape index (κ3) is 3.76. The molecule has 0 radical (unpaired) electrons. The maximum Gasteiger partial charge on any atom is 0.421 e. The van der Waals surface area contributed by atoms with E-state index in [9.17, 15) is 22.8 Å². The van der Waals surface area contributed by atoms with Crippen molar-refractivity contribution < 1.29 is 27.4 Å². The normalized spacial score (nSPS) is 12.9. The lowest BCUT2D eigenvalue weighted by atomic mass is 10.2. The first kappa shape index (κ1) is 16.9. The summed E-state index contributed by atoms with van der Waals surface area (Å²) in [5, 5.41) is 2.55. The van der Waals surface area contributed by atoms with E-state index in [0.717, 1.165) is 22.4 Å². The van der Waals surface area contributed by atoms with Crippen molar-refractivity contribution in [2.45, 2.75) is 19.3 Å². The molecule has 9 heteroatoms. The van der Waals surface area contributed by atoms with Gasteiger partial charge in [0.15, 0.2) is 11.5 Å². The molecule has 1 aromatic heterocycles. The fraction of sp³-hybridized carbons (Fsp3) is 0.250. The second-order valence-corrected chi connectivity index (χ2v) is 5.32. The number of alkyl halides is 3. The minimum absolute atomic E-state index is 0.129. The van der Waals surface area contributed by atoms with Crippen molar-refractivity contribution in [1.29, 1.82) is 0 Å². The summed E-state index contributed by atoms with van der Waals surface area (Å²) in [5.74, 6) is 0.575. The molecule has 0 aliphatic carbocycles. The zero-order chi connectivity index (χ0) is 18.0. The third-order valence-corrected chi connectivity index (χ3v) is 3.57. The van der Waals surface area contributed by atoms with Crippen LogP contribution < -0.4 is 20.3 Å². The summed E-state index contributed by atoms with van der Waals surface area (Å²) >= 11 is 0. The van der Waals surface area contributed by atoms with Crippen LogP contribution in [0.4, 0.5) is 13.2 Å². The summed E-state index contributed by atoms with van der Waals surface area (Å²) in [6.45, 7) is -0.236. The van der Waals surface area contributed by atoms with Crippen LogP contribution in [0, 0.1) is 0 Å². The Balaban J connectivity index is 1.64. The van der Waals surface area contributed by atoms with Crippen LogP contribution >= 0.6 is 0 Å². The van der Waals surface area contributed by atoms with Gasteiger partial charge in [-0.1, -0.05) is 6.07 Å². The molecule has 1 amide bonds. The summed E-state index contributed by atoms with van der Waals surface area (Å²) in [6, 6.07) is 6.88. The minimum Gasteiger partial charge on any atom is -0.454 e. The smallest absolute Gasteiger partial charge is 0.421 e. The first-order chi connectivity index (χ1) is 11.8. The molecule has 1 N–H and O–H groups in total. The number of carbonyl (C=O) groups excluding carboxylic acids is 1. The van der Waals surface area contributed by atoms with Gasteiger partial charge in [0.25, 0.3) is 5.56 Å². The fourth-order valence-electron chi connectivity index (χ4n) is 2.34. The van der Waals surface area contributed by atoms with Crippen molar-refractivity contribution >= 4 is 5.91 Å². The van der Waals surface area contributed by atoms with Crippen LogP contribution in [0.25, 0.3) is 0 Å². The van der Waals surface area contributed by atoms with Crippen LogP contribution in [0.1, 0.15) is 11.1 Å². The number of fused-ring (bicyclic) bond motifs is 1. The summed E-state index contributed by atoms with van der Waals surface area (Å²) in [5.41, 5.74) is -1.83. The molecular formula is C16H13F3N2O4. The van der Waals surface area contributed by atoms with E-state index in [1.165, 1.54) is 0 Å². The first-order valence-corrected chi connectivity index (χ1v) is 7.26. The van der Waals surface area contributed by atoms with Gasteiger partial charge in [0, 0.05) is 12.7 Å². The number of nitrogens with zero attached hydrogens (tertiary/aromatic N) is 1. The molecule has 0 bridgehead atoms. The number of hydrogen-bond acceptors (Lipinski definition) is 4. The molecule has 25 heavy (non-hydrogen) atoms. The average Bonchev–Trinajstić information content (AvgIpc) is 3.01. The Morgan fingerprint density at radius 1 is 1.20 bits per heavy atom. The highest BCUT2D eigenvalue weighted by molar-refractivity contribution is 5.75. The summed E-state index contributed by atoms with van der Waals surface area (Å²) in [4.78, 5) is 23.7. The van der Waals surface area contributed by atoms with E-state index in [4.69, 9.17) is 9.47 Å². The number of hydrogen-bond donors (Lipinski definition) is 1. The Bertz CT molecular complexity index is 861. The minimum atomic E-state index is -4.76. The molecule has 1 aliphatic rings. The molecule has 0 unspecified atom stereocenters. The Morgan fingerprint density at radius 2 is 1.96 bits per heavy atom. The van der Waals surface area contributed by atoms with Crippen molar-refractivity contribution in [2.24, 2.45) is 0 Å². The Kier molecular flexibility index (Phi) is 4.39.